The molecule has 0 spiro atoms. The maximum absolute atomic E-state index is 13.2. The van der Waals surface area contributed by atoms with Crippen LogP contribution in [0.1, 0.15) is 13.8 Å². The summed E-state index contributed by atoms with van der Waals surface area (Å²) in [5.74, 6) is 0.963. The highest BCUT2D eigenvalue weighted by atomic mass is 32.2. The van der Waals surface area contributed by atoms with Crippen molar-refractivity contribution in [1.29, 1.82) is 0 Å². The van der Waals surface area contributed by atoms with Crippen molar-refractivity contribution in [2.24, 2.45) is 0 Å². The zero-order valence-electron chi connectivity index (χ0n) is 19.1. The van der Waals surface area contributed by atoms with Crippen molar-refractivity contribution >= 4 is 15.7 Å². The predicted molar refractivity (Wildman–Crippen MR) is 126 cm³/mol. The maximum atomic E-state index is 13.2. The molecule has 10 nitrogen and oxygen atoms in total. The summed E-state index contributed by atoms with van der Waals surface area (Å²) >= 11 is 0. The summed E-state index contributed by atoms with van der Waals surface area (Å²) in [6.45, 7) is 4.31. The third-order valence-corrected chi connectivity index (χ3v) is 6.28. The molecule has 2 heterocycles. The molecule has 0 unspecified atom stereocenters. The van der Waals surface area contributed by atoms with E-state index >= 15 is 0 Å². The Morgan fingerprint density at radius 1 is 0.943 bits per heavy atom. The summed E-state index contributed by atoms with van der Waals surface area (Å²) in [6, 6.07) is 13.7. The van der Waals surface area contributed by atoms with Crippen LogP contribution in [0.25, 0.3) is 17.0 Å². The van der Waals surface area contributed by atoms with E-state index < -0.39 is 10.0 Å². The van der Waals surface area contributed by atoms with Gasteiger partial charge in [-0.05, 0) is 56.3 Å². The van der Waals surface area contributed by atoms with Gasteiger partial charge in [0.2, 0.25) is 15.9 Å². The molecule has 0 radical (unpaired) electrons. The number of halogens is 1. The molecule has 0 fully saturated rings. The van der Waals surface area contributed by atoms with Crippen molar-refractivity contribution in [1.82, 2.24) is 24.5 Å². The Balaban J connectivity index is 1.44. The molecule has 4 aromatic rings. The first-order chi connectivity index (χ1) is 16.9. The lowest BCUT2D eigenvalue weighted by atomic mass is 10.2. The first-order valence-corrected chi connectivity index (χ1v) is 12.4. The van der Waals surface area contributed by atoms with Gasteiger partial charge < -0.3 is 14.2 Å². The van der Waals surface area contributed by atoms with Crippen molar-refractivity contribution in [2.75, 3.05) is 26.4 Å². The van der Waals surface area contributed by atoms with Crippen LogP contribution in [0, 0.1) is 5.82 Å². The van der Waals surface area contributed by atoms with Crippen molar-refractivity contribution in [3.05, 3.63) is 60.4 Å². The van der Waals surface area contributed by atoms with Gasteiger partial charge in [-0.1, -0.05) is 0 Å². The number of benzene rings is 2. The number of nitrogens with one attached hydrogen (secondary N) is 1. The Hall–Kier alpha value is -3.77. The Kier molecular flexibility index (Phi) is 7.42. The molecule has 184 valence electrons. The fourth-order valence-corrected chi connectivity index (χ4v) is 4.44. The Bertz CT molecular complexity index is 1410. The van der Waals surface area contributed by atoms with E-state index in [9.17, 15) is 12.8 Å². The Morgan fingerprint density at radius 2 is 1.71 bits per heavy atom. The number of hydrogen-bond donors (Lipinski definition) is 1. The third-order valence-electron chi connectivity index (χ3n) is 4.80. The van der Waals surface area contributed by atoms with Gasteiger partial charge in [-0.3, -0.25) is 0 Å². The molecule has 0 saturated heterocycles. The van der Waals surface area contributed by atoms with E-state index in [2.05, 4.69) is 20.0 Å². The number of fused-ring (bicyclic) bond motifs is 1. The molecule has 0 amide bonds. The average molecular weight is 502 g/mol. The Morgan fingerprint density at radius 3 is 2.46 bits per heavy atom. The normalized spacial score (nSPS) is 11.5. The molecule has 0 bridgehead atoms. The molecule has 2 aromatic heterocycles. The van der Waals surface area contributed by atoms with Gasteiger partial charge in [0.1, 0.15) is 28.8 Å². The van der Waals surface area contributed by atoms with E-state index in [0.717, 1.165) is 0 Å². The highest BCUT2D eigenvalue weighted by Crippen LogP contribution is 2.28. The van der Waals surface area contributed by atoms with Crippen molar-refractivity contribution in [3.63, 3.8) is 0 Å². The first kappa shape index (κ1) is 24.4. The van der Waals surface area contributed by atoms with Crippen LogP contribution in [0.3, 0.4) is 0 Å². The zero-order chi connectivity index (χ0) is 24.8. The summed E-state index contributed by atoms with van der Waals surface area (Å²) in [5, 5.41) is 12.5. The lowest BCUT2D eigenvalue weighted by Gasteiger charge is -2.14. The van der Waals surface area contributed by atoms with Gasteiger partial charge in [-0.2, -0.15) is 4.52 Å². The van der Waals surface area contributed by atoms with Gasteiger partial charge in [0.05, 0.1) is 13.2 Å². The van der Waals surface area contributed by atoms with Crippen LogP contribution in [0.15, 0.2) is 59.5 Å². The van der Waals surface area contributed by atoms with Gasteiger partial charge in [0.25, 0.3) is 0 Å². The molecule has 0 aliphatic carbocycles. The van der Waals surface area contributed by atoms with E-state index in [1.54, 1.807) is 43.3 Å². The minimum atomic E-state index is -3.89. The molecule has 0 saturated carbocycles. The van der Waals surface area contributed by atoms with E-state index in [4.69, 9.17) is 14.2 Å². The van der Waals surface area contributed by atoms with Gasteiger partial charge in [0.15, 0.2) is 11.5 Å². The highest BCUT2D eigenvalue weighted by Gasteiger charge is 2.21. The molecular formula is C23H24FN5O5S. The fraction of sp³-hybridized carbons (Fsp3) is 0.261. The summed E-state index contributed by atoms with van der Waals surface area (Å²) in [5.41, 5.74) is 1.12. The lowest BCUT2D eigenvalue weighted by molar-refractivity contribution is 0.305. The predicted octanol–water partition coefficient (Wildman–Crippen LogP) is 3.09. The third kappa shape index (κ3) is 5.66. The topological polar surface area (TPSA) is 117 Å². The number of aromatic nitrogens is 4. The maximum Gasteiger partial charge on any atom is 0.244 e. The number of nitrogens with zero attached hydrogens (tertiary/aromatic N) is 4. The fourth-order valence-electron chi connectivity index (χ4n) is 3.27. The molecule has 2 aromatic carbocycles. The van der Waals surface area contributed by atoms with E-state index in [1.165, 1.54) is 22.7 Å². The van der Waals surface area contributed by atoms with Crippen LogP contribution in [-0.2, 0) is 10.0 Å². The minimum absolute atomic E-state index is 0.0144. The van der Waals surface area contributed by atoms with Gasteiger partial charge >= 0.3 is 0 Å². The highest BCUT2D eigenvalue weighted by molar-refractivity contribution is 7.89. The van der Waals surface area contributed by atoms with Gasteiger partial charge in [-0.25, -0.2) is 17.5 Å². The molecular weight excluding hydrogens is 477 g/mol. The smallest absolute Gasteiger partial charge is 0.244 e. The quantitative estimate of drug-likeness (QED) is 0.312. The molecule has 0 aliphatic heterocycles. The molecule has 4 rings (SSSR count). The van der Waals surface area contributed by atoms with Crippen LogP contribution in [0.2, 0.25) is 0 Å². The monoisotopic (exact) mass is 501 g/mol. The van der Waals surface area contributed by atoms with Crippen LogP contribution >= 0.6 is 0 Å². The van der Waals surface area contributed by atoms with Crippen LogP contribution in [0.4, 0.5) is 4.39 Å². The standard InChI is InChI=1S/C23H24FN5O5S/c1-3-32-18-9-10-19(33-4-2)20(15-18)35(30,31)25-13-14-34-22-12-11-21-26-27-23(29(21)28-22)16-5-7-17(24)8-6-16/h5-12,15,25H,3-4,13-14H2,1-2H3. The molecule has 0 atom stereocenters. The largest absolute Gasteiger partial charge is 0.494 e. The minimum Gasteiger partial charge on any atom is -0.494 e. The average Bonchev–Trinajstić information content (AvgIpc) is 3.27. The molecule has 0 aliphatic rings. The van der Waals surface area contributed by atoms with Crippen LogP contribution in [-0.4, -0.2) is 54.6 Å². The van der Waals surface area contributed by atoms with Crippen LogP contribution < -0.4 is 18.9 Å². The van der Waals surface area contributed by atoms with E-state index in [-0.39, 0.29) is 35.5 Å². The number of sulfonamides is 1. The van der Waals surface area contributed by atoms with Gasteiger partial charge in [-0.15, -0.1) is 15.3 Å². The Labute approximate surface area is 201 Å². The molecule has 35 heavy (non-hydrogen) atoms. The number of hydrogen-bond acceptors (Lipinski definition) is 8. The summed E-state index contributed by atoms with van der Waals surface area (Å²) in [4.78, 5) is -0.0155. The zero-order valence-corrected chi connectivity index (χ0v) is 20.0. The SMILES string of the molecule is CCOc1ccc(OCC)c(S(=O)(=O)NCCOc2ccc3nnc(-c4ccc(F)cc4)n3n2)c1. The first-order valence-electron chi connectivity index (χ1n) is 10.9. The van der Waals surface area contributed by atoms with Gasteiger partial charge in [0, 0.05) is 24.2 Å². The number of ether oxygens (including phenoxy) is 3. The van der Waals surface area contributed by atoms with E-state index in [1.807, 2.05) is 6.92 Å². The van der Waals surface area contributed by atoms with Crippen LogP contribution in [0.5, 0.6) is 17.4 Å². The summed E-state index contributed by atoms with van der Waals surface area (Å²) < 4.78 is 59.5. The van der Waals surface area contributed by atoms with Crippen molar-refractivity contribution in [2.45, 2.75) is 18.7 Å². The van der Waals surface area contributed by atoms with Crippen molar-refractivity contribution in [3.8, 4) is 28.8 Å². The summed E-state index contributed by atoms with van der Waals surface area (Å²) in [7, 11) is -3.89. The summed E-state index contributed by atoms with van der Waals surface area (Å²) in [6.07, 6.45) is 0. The van der Waals surface area contributed by atoms with E-state index in [0.29, 0.717) is 36.0 Å². The number of rotatable bonds is 11. The second-order valence-electron chi connectivity index (χ2n) is 7.19. The molecule has 12 heteroatoms. The van der Waals surface area contributed by atoms with Crippen molar-refractivity contribution < 1.29 is 27.0 Å². The second kappa shape index (κ2) is 10.7. The molecule has 1 N–H and O–H groups in total. The second-order valence-corrected chi connectivity index (χ2v) is 8.93. The lowest BCUT2D eigenvalue weighted by Crippen LogP contribution is -2.29.